The van der Waals surface area contributed by atoms with E-state index in [4.69, 9.17) is 0 Å². The Balaban J connectivity index is 1.07. The van der Waals surface area contributed by atoms with Gasteiger partial charge in [0.25, 0.3) is 0 Å². The third-order valence-corrected chi connectivity index (χ3v) is 17.6. The summed E-state index contributed by atoms with van der Waals surface area (Å²) < 4.78 is 0. The van der Waals surface area contributed by atoms with E-state index in [0.29, 0.717) is 0 Å². The van der Waals surface area contributed by atoms with Crippen LogP contribution in [0.25, 0.3) is 22.3 Å². The molecule has 0 fully saturated rings. The van der Waals surface area contributed by atoms with Crippen molar-refractivity contribution in [3.05, 3.63) is 314 Å². The summed E-state index contributed by atoms with van der Waals surface area (Å²) in [6.45, 7) is 22.4. The smallest absolute Gasteiger partial charge is 0.0742 e. The molecule has 0 N–H and O–H groups in total. The largest absolute Gasteiger partial charge is 0.310 e. The molecular formula is C77H69N3. The van der Waals surface area contributed by atoms with Crippen LogP contribution >= 0.6 is 0 Å². The van der Waals surface area contributed by atoms with E-state index in [1.807, 2.05) is 0 Å². The molecule has 0 atom stereocenters. The van der Waals surface area contributed by atoms with E-state index < -0.39 is 5.41 Å². The summed E-state index contributed by atoms with van der Waals surface area (Å²) in [5.74, 6) is 0. The van der Waals surface area contributed by atoms with Gasteiger partial charge in [0.05, 0.1) is 16.8 Å². The highest BCUT2D eigenvalue weighted by molar-refractivity contribution is 5.91. The van der Waals surface area contributed by atoms with Crippen molar-refractivity contribution in [2.45, 2.75) is 74.7 Å². The zero-order valence-electron chi connectivity index (χ0n) is 47.9. The number of anilines is 9. The third-order valence-electron chi connectivity index (χ3n) is 17.6. The first-order valence-corrected chi connectivity index (χ1v) is 28.2. The van der Waals surface area contributed by atoms with Crippen LogP contribution < -0.4 is 14.7 Å². The molecule has 0 saturated heterocycles. The quantitative estimate of drug-likeness (QED) is 0.128. The highest BCUT2D eigenvalue weighted by Crippen LogP contribution is 2.58. The van der Waals surface area contributed by atoms with Gasteiger partial charge in [-0.25, -0.2) is 0 Å². The van der Waals surface area contributed by atoms with Crippen LogP contribution in [-0.2, 0) is 5.41 Å². The van der Waals surface area contributed by atoms with E-state index in [1.54, 1.807) is 0 Å². The van der Waals surface area contributed by atoms with E-state index in [9.17, 15) is 0 Å². The molecule has 0 bridgehead atoms. The lowest BCUT2D eigenvalue weighted by Gasteiger charge is -2.47. The van der Waals surface area contributed by atoms with E-state index in [1.165, 1.54) is 112 Å². The average molecular weight is 1040 g/mol. The minimum absolute atomic E-state index is 0.736. The van der Waals surface area contributed by atoms with Gasteiger partial charge < -0.3 is 14.7 Å². The summed E-state index contributed by atoms with van der Waals surface area (Å²) >= 11 is 0. The van der Waals surface area contributed by atoms with Gasteiger partial charge in [-0.2, -0.15) is 0 Å². The van der Waals surface area contributed by atoms with Gasteiger partial charge in [0.15, 0.2) is 0 Å². The van der Waals surface area contributed by atoms with Crippen molar-refractivity contribution in [2.75, 3.05) is 14.7 Å². The lowest BCUT2D eigenvalue weighted by molar-refractivity contribution is 0.730. The molecule has 1 heterocycles. The maximum atomic E-state index is 2.47. The van der Waals surface area contributed by atoms with Crippen LogP contribution in [-0.4, -0.2) is 0 Å². The first kappa shape index (κ1) is 51.6. The van der Waals surface area contributed by atoms with E-state index in [0.717, 1.165) is 39.8 Å². The minimum atomic E-state index is -0.736. The van der Waals surface area contributed by atoms with Crippen molar-refractivity contribution < 1.29 is 0 Å². The maximum absolute atomic E-state index is 2.47. The van der Waals surface area contributed by atoms with Crippen LogP contribution in [0.5, 0.6) is 0 Å². The Kier molecular flexibility index (Phi) is 13.5. The van der Waals surface area contributed by atoms with Crippen LogP contribution in [0, 0.1) is 69.2 Å². The van der Waals surface area contributed by atoms with Gasteiger partial charge in [-0.3, -0.25) is 0 Å². The summed E-state index contributed by atoms with van der Waals surface area (Å²) in [7, 11) is 0. The highest BCUT2D eigenvalue weighted by Gasteiger charge is 2.47. The van der Waals surface area contributed by atoms with Crippen molar-refractivity contribution in [3.8, 4) is 22.3 Å². The van der Waals surface area contributed by atoms with E-state index in [-0.39, 0.29) is 0 Å². The second-order valence-corrected chi connectivity index (χ2v) is 22.2. The highest BCUT2D eigenvalue weighted by atomic mass is 15.2. The molecule has 11 aromatic carbocycles. The first-order chi connectivity index (χ1) is 38.8. The molecule has 0 spiro atoms. The summed E-state index contributed by atoms with van der Waals surface area (Å²) in [5.41, 5.74) is 32.0. The summed E-state index contributed by atoms with van der Waals surface area (Å²) in [6, 6.07) is 88.4. The number of aryl methyl sites for hydroxylation is 4. The maximum Gasteiger partial charge on any atom is 0.0742 e. The van der Waals surface area contributed by atoms with Crippen molar-refractivity contribution in [2.24, 2.45) is 0 Å². The summed E-state index contributed by atoms with van der Waals surface area (Å²) in [5, 5.41) is 0. The van der Waals surface area contributed by atoms with Gasteiger partial charge in [-0.05, 0) is 243 Å². The topological polar surface area (TPSA) is 9.72 Å². The van der Waals surface area contributed by atoms with Gasteiger partial charge >= 0.3 is 0 Å². The second kappa shape index (κ2) is 20.9. The number of para-hydroxylation sites is 1. The van der Waals surface area contributed by atoms with Crippen LogP contribution in [0.15, 0.2) is 237 Å². The molecule has 1 aliphatic rings. The monoisotopic (exact) mass is 1040 g/mol. The van der Waals surface area contributed by atoms with Gasteiger partial charge in [0.2, 0.25) is 0 Å². The van der Waals surface area contributed by atoms with Crippen LogP contribution in [0.3, 0.4) is 0 Å². The third kappa shape index (κ3) is 8.88. The lowest BCUT2D eigenvalue weighted by Crippen LogP contribution is -2.38. The van der Waals surface area contributed by atoms with Crippen LogP contribution in [0.2, 0.25) is 0 Å². The van der Waals surface area contributed by atoms with E-state index >= 15 is 0 Å². The molecular weight excluding hydrogens is 967 g/mol. The molecule has 392 valence electrons. The second-order valence-electron chi connectivity index (χ2n) is 22.2. The molecule has 0 aromatic heterocycles. The van der Waals surface area contributed by atoms with Gasteiger partial charge in [0, 0.05) is 39.8 Å². The standard InChI is InChI=1S/C77H69N3/c1-50-25-36-70(37-26-50)80-73-24-18-17-23-71(73)77(72-47-51(2)27-46-74(72)80,64-32-42-68(43-33-64)78(75-48-52(3)54(5)56(7)58(75)9)66-38-28-62(29-39-66)60-19-13-11-14-20-60)65-34-44-69(45-35-65)79(76-49-53(4)55(6)57(8)59(76)10)67-40-30-63(31-41-67)61-21-15-12-16-22-61/h11-49H,1-10H3. The van der Waals surface area contributed by atoms with Crippen LogP contribution in [0.1, 0.15) is 77.9 Å². The summed E-state index contributed by atoms with van der Waals surface area (Å²) in [6.07, 6.45) is 0. The normalized spacial score (nSPS) is 12.4. The molecule has 0 radical (unpaired) electrons. The Morgan fingerprint density at radius 1 is 0.287 bits per heavy atom. The zero-order chi connectivity index (χ0) is 55.4. The molecule has 0 amide bonds. The molecule has 0 aliphatic carbocycles. The minimum Gasteiger partial charge on any atom is -0.310 e. The number of rotatable bonds is 11. The molecule has 3 heteroatoms. The molecule has 3 nitrogen and oxygen atoms in total. The fourth-order valence-electron chi connectivity index (χ4n) is 12.5. The first-order valence-electron chi connectivity index (χ1n) is 28.2. The molecule has 0 saturated carbocycles. The Morgan fingerprint density at radius 2 is 0.662 bits per heavy atom. The SMILES string of the molecule is Cc1ccc(N2c3ccccc3C(c3ccc(N(c4ccc(-c5ccccc5)cc4)c4cc(C)c(C)c(C)c4C)cc3)(c3ccc(N(c4ccc(-c5ccccc5)cc4)c4cc(C)c(C)c(C)c4C)cc3)c3cc(C)ccc32)cc1. The van der Waals surface area contributed by atoms with Crippen molar-refractivity contribution in [3.63, 3.8) is 0 Å². The summed E-state index contributed by atoms with van der Waals surface area (Å²) in [4.78, 5) is 7.39. The lowest BCUT2D eigenvalue weighted by atomic mass is 9.62. The predicted molar refractivity (Wildman–Crippen MR) is 341 cm³/mol. The Hall–Kier alpha value is -9.18. The molecule has 0 unspecified atom stereocenters. The number of nitrogens with zero attached hydrogens (tertiary/aromatic N) is 3. The predicted octanol–water partition coefficient (Wildman–Crippen LogP) is 21.2. The fourth-order valence-corrected chi connectivity index (χ4v) is 12.5. The number of fused-ring (bicyclic) bond motifs is 2. The molecule has 12 rings (SSSR count). The van der Waals surface area contributed by atoms with E-state index in [2.05, 4.69) is 321 Å². The Bertz CT molecular complexity index is 3870. The molecule has 11 aromatic rings. The number of benzene rings is 11. The Labute approximate surface area is 474 Å². The van der Waals surface area contributed by atoms with Crippen molar-refractivity contribution in [1.29, 1.82) is 0 Å². The fraction of sp³-hybridized carbons (Fsp3) is 0.143. The van der Waals surface area contributed by atoms with Crippen molar-refractivity contribution in [1.82, 2.24) is 0 Å². The average Bonchev–Trinajstić information content (AvgIpc) is 3.57. The van der Waals surface area contributed by atoms with Gasteiger partial charge in [-0.1, -0.05) is 163 Å². The molecule has 80 heavy (non-hydrogen) atoms. The number of hydrogen-bond acceptors (Lipinski definition) is 3. The Morgan fingerprint density at radius 3 is 1.11 bits per heavy atom. The number of hydrogen-bond donors (Lipinski definition) is 0. The van der Waals surface area contributed by atoms with Crippen molar-refractivity contribution >= 4 is 51.2 Å². The van der Waals surface area contributed by atoms with Gasteiger partial charge in [0.1, 0.15) is 0 Å². The van der Waals surface area contributed by atoms with Gasteiger partial charge in [-0.15, -0.1) is 0 Å². The van der Waals surface area contributed by atoms with Crippen LogP contribution in [0.4, 0.5) is 51.2 Å². The molecule has 1 aliphatic heterocycles. The zero-order valence-corrected chi connectivity index (χ0v) is 47.9.